The maximum absolute atomic E-state index is 9.08. The summed E-state index contributed by atoms with van der Waals surface area (Å²) >= 11 is 0. The number of rotatable bonds is 6. The molecule has 0 spiro atoms. The number of likely N-dealkylation sites (N-methyl/N-ethyl adjacent to an activating group) is 1. The summed E-state index contributed by atoms with van der Waals surface area (Å²) in [5, 5.41) is 9.08. The SMILES string of the molecule is CCN(CCO)c1cccc(OC)c1C(C)N. The van der Waals surface area contributed by atoms with E-state index in [-0.39, 0.29) is 12.6 Å². The van der Waals surface area contributed by atoms with Gasteiger partial charge in [-0.05, 0) is 26.0 Å². The third-order valence-electron chi connectivity index (χ3n) is 2.81. The van der Waals surface area contributed by atoms with Crippen LogP contribution in [-0.4, -0.2) is 31.9 Å². The lowest BCUT2D eigenvalue weighted by atomic mass is 10.0. The molecule has 1 atom stereocenters. The van der Waals surface area contributed by atoms with E-state index in [2.05, 4.69) is 11.8 Å². The van der Waals surface area contributed by atoms with Gasteiger partial charge in [0.1, 0.15) is 5.75 Å². The molecule has 0 aliphatic rings. The molecule has 0 heterocycles. The Morgan fingerprint density at radius 1 is 1.47 bits per heavy atom. The topological polar surface area (TPSA) is 58.7 Å². The van der Waals surface area contributed by atoms with E-state index in [1.165, 1.54) is 0 Å². The van der Waals surface area contributed by atoms with Crippen LogP contribution in [0.1, 0.15) is 25.5 Å². The van der Waals surface area contributed by atoms with Crippen molar-refractivity contribution in [2.75, 3.05) is 31.7 Å². The molecule has 0 aliphatic carbocycles. The fraction of sp³-hybridized carbons (Fsp3) is 0.538. The first-order valence-corrected chi connectivity index (χ1v) is 5.94. The number of benzene rings is 1. The van der Waals surface area contributed by atoms with E-state index in [9.17, 15) is 0 Å². The van der Waals surface area contributed by atoms with Gasteiger partial charge >= 0.3 is 0 Å². The molecule has 3 N–H and O–H groups in total. The first-order chi connectivity index (χ1) is 8.15. The van der Waals surface area contributed by atoms with Gasteiger partial charge in [-0.1, -0.05) is 6.07 Å². The standard InChI is InChI=1S/C13H22N2O2/c1-4-15(8-9-16)11-6-5-7-12(17-3)13(11)10(2)14/h5-7,10,16H,4,8-9,14H2,1-3H3. The van der Waals surface area contributed by atoms with Crippen molar-refractivity contribution in [3.05, 3.63) is 23.8 Å². The minimum atomic E-state index is -0.103. The van der Waals surface area contributed by atoms with Crippen LogP contribution in [0.5, 0.6) is 5.75 Å². The first kappa shape index (κ1) is 13.8. The Morgan fingerprint density at radius 2 is 2.18 bits per heavy atom. The number of aliphatic hydroxyl groups is 1. The number of anilines is 1. The summed E-state index contributed by atoms with van der Waals surface area (Å²) in [6.45, 7) is 5.55. The zero-order valence-electron chi connectivity index (χ0n) is 10.8. The Balaban J connectivity index is 3.20. The smallest absolute Gasteiger partial charge is 0.125 e. The molecule has 0 amide bonds. The molecular weight excluding hydrogens is 216 g/mol. The van der Waals surface area contributed by atoms with Crippen LogP contribution in [0.3, 0.4) is 0 Å². The fourth-order valence-corrected chi connectivity index (χ4v) is 2.01. The van der Waals surface area contributed by atoms with E-state index in [1.807, 2.05) is 25.1 Å². The van der Waals surface area contributed by atoms with Crippen LogP contribution in [0.2, 0.25) is 0 Å². The number of hydrogen-bond donors (Lipinski definition) is 2. The fourth-order valence-electron chi connectivity index (χ4n) is 2.01. The summed E-state index contributed by atoms with van der Waals surface area (Å²) in [5.74, 6) is 0.800. The molecule has 0 saturated carbocycles. The Hall–Kier alpha value is -1.26. The number of nitrogens with zero attached hydrogens (tertiary/aromatic N) is 1. The molecule has 1 rings (SSSR count). The Kier molecular flexibility index (Phi) is 5.25. The van der Waals surface area contributed by atoms with Crippen LogP contribution in [0.25, 0.3) is 0 Å². The van der Waals surface area contributed by atoms with Gasteiger partial charge in [0.15, 0.2) is 0 Å². The molecule has 0 aromatic heterocycles. The molecule has 1 aromatic rings. The lowest BCUT2D eigenvalue weighted by Crippen LogP contribution is -2.28. The highest BCUT2D eigenvalue weighted by atomic mass is 16.5. The minimum Gasteiger partial charge on any atom is -0.496 e. The zero-order chi connectivity index (χ0) is 12.8. The van der Waals surface area contributed by atoms with E-state index in [4.69, 9.17) is 15.6 Å². The molecule has 96 valence electrons. The Labute approximate surface area is 103 Å². The highest BCUT2D eigenvalue weighted by molar-refractivity contribution is 5.60. The molecule has 1 aromatic carbocycles. The van der Waals surface area contributed by atoms with Crippen molar-refractivity contribution in [3.8, 4) is 5.75 Å². The Bertz CT molecular complexity index is 353. The normalized spacial score (nSPS) is 12.3. The highest BCUT2D eigenvalue weighted by Crippen LogP contribution is 2.33. The largest absolute Gasteiger partial charge is 0.496 e. The third kappa shape index (κ3) is 3.11. The second-order valence-electron chi connectivity index (χ2n) is 3.99. The van der Waals surface area contributed by atoms with Crippen molar-refractivity contribution in [2.24, 2.45) is 5.73 Å². The average Bonchev–Trinajstić information content (AvgIpc) is 2.34. The second kappa shape index (κ2) is 6.47. The minimum absolute atomic E-state index is 0.103. The van der Waals surface area contributed by atoms with Gasteiger partial charge < -0.3 is 20.5 Å². The van der Waals surface area contributed by atoms with Gasteiger partial charge in [-0.2, -0.15) is 0 Å². The van der Waals surface area contributed by atoms with E-state index in [1.54, 1.807) is 7.11 Å². The molecule has 0 bridgehead atoms. The van der Waals surface area contributed by atoms with Crippen molar-refractivity contribution in [2.45, 2.75) is 19.9 Å². The van der Waals surface area contributed by atoms with Crippen LogP contribution in [0.4, 0.5) is 5.69 Å². The third-order valence-corrected chi connectivity index (χ3v) is 2.81. The summed E-state index contributed by atoms with van der Waals surface area (Å²) < 4.78 is 5.35. The van der Waals surface area contributed by atoms with E-state index in [0.717, 1.165) is 23.5 Å². The van der Waals surface area contributed by atoms with E-state index < -0.39 is 0 Å². The molecule has 4 heteroatoms. The molecule has 1 unspecified atom stereocenters. The number of hydrogen-bond acceptors (Lipinski definition) is 4. The Morgan fingerprint density at radius 3 is 2.65 bits per heavy atom. The van der Waals surface area contributed by atoms with Crippen molar-refractivity contribution in [3.63, 3.8) is 0 Å². The van der Waals surface area contributed by atoms with Gasteiger partial charge in [0.2, 0.25) is 0 Å². The monoisotopic (exact) mass is 238 g/mol. The number of ether oxygens (including phenoxy) is 1. The van der Waals surface area contributed by atoms with Gasteiger partial charge in [-0.3, -0.25) is 0 Å². The highest BCUT2D eigenvalue weighted by Gasteiger charge is 2.16. The lowest BCUT2D eigenvalue weighted by molar-refractivity contribution is 0.302. The predicted octanol–water partition coefficient (Wildman–Crippen LogP) is 1.53. The molecule has 0 fully saturated rings. The molecular formula is C13H22N2O2. The van der Waals surface area contributed by atoms with E-state index >= 15 is 0 Å². The van der Waals surface area contributed by atoms with Crippen molar-refractivity contribution in [1.82, 2.24) is 0 Å². The molecule has 0 radical (unpaired) electrons. The van der Waals surface area contributed by atoms with Crippen LogP contribution in [-0.2, 0) is 0 Å². The van der Waals surface area contributed by atoms with Crippen molar-refractivity contribution >= 4 is 5.69 Å². The van der Waals surface area contributed by atoms with Crippen LogP contribution in [0.15, 0.2) is 18.2 Å². The van der Waals surface area contributed by atoms with Crippen LogP contribution >= 0.6 is 0 Å². The van der Waals surface area contributed by atoms with Gasteiger partial charge in [0.25, 0.3) is 0 Å². The van der Waals surface area contributed by atoms with Crippen molar-refractivity contribution < 1.29 is 9.84 Å². The maximum atomic E-state index is 9.08. The molecule has 4 nitrogen and oxygen atoms in total. The van der Waals surface area contributed by atoms with Crippen molar-refractivity contribution in [1.29, 1.82) is 0 Å². The van der Waals surface area contributed by atoms with Gasteiger partial charge in [-0.15, -0.1) is 0 Å². The summed E-state index contributed by atoms with van der Waals surface area (Å²) in [7, 11) is 1.65. The van der Waals surface area contributed by atoms with Crippen LogP contribution < -0.4 is 15.4 Å². The van der Waals surface area contributed by atoms with Gasteiger partial charge in [0, 0.05) is 30.4 Å². The lowest BCUT2D eigenvalue weighted by Gasteiger charge is -2.27. The quantitative estimate of drug-likeness (QED) is 0.789. The maximum Gasteiger partial charge on any atom is 0.125 e. The summed E-state index contributed by atoms with van der Waals surface area (Å²) in [4.78, 5) is 2.10. The number of methoxy groups -OCH3 is 1. The molecule has 17 heavy (non-hydrogen) atoms. The molecule has 0 saturated heterocycles. The van der Waals surface area contributed by atoms with Crippen LogP contribution in [0, 0.1) is 0 Å². The first-order valence-electron chi connectivity index (χ1n) is 5.94. The predicted molar refractivity (Wildman–Crippen MR) is 70.6 cm³/mol. The number of nitrogens with two attached hydrogens (primary N) is 1. The number of aliphatic hydroxyl groups excluding tert-OH is 1. The summed E-state index contributed by atoms with van der Waals surface area (Å²) in [6.07, 6.45) is 0. The summed E-state index contributed by atoms with van der Waals surface area (Å²) in [5.41, 5.74) is 8.04. The molecule has 0 aliphatic heterocycles. The zero-order valence-corrected chi connectivity index (χ0v) is 10.8. The average molecular weight is 238 g/mol. The van der Waals surface area contributed by atoms with Gasteiger partial charge in [-0.25, -0.2) is 0 Å². The second-order valence-corrected chi connectivity index (χ2v) is 3.99. The van der Waals surface area contributed by atoms with E-state index in [0.29, 0.717) is 6.54 Å². The summed E-state index contributed by atoms with van der Waals surface area (Å²) in [6, 6.07) is 5.77. The van der Waals surface area contributed by atoms with Gasteiger partial charge in [0.05, 0.1) is 13.7 Å².